The molecule has 0 aromatic heterocycles. The molecule has 0 spiro atoms. The maximum atomic E-state index is 12.2. The SMILES string of the molecule is COc1ccc(CNC(=O)c2ccc(NC(C)=O)cc2)cc1OC. The van der Waals surface area contributed by atoms with Gasteiger partial charge in [-0.1, -0.05) is 6.07 Å². The highest BCUT2D eigenvalue weighted by molar-refractivity contribution is 5.95. The number of carbonyl (C=O) groups excluding carboxylic acids is 2. The molecule has 0 aliphatic heterocycles. The topological polar surface area (TPSA) is 76.7 Å². The van der Waals surface area contributed by atoms with E-state index in [1.807, 2.05) is 12.1 Å². The van der Waals surface area contributed by atoms with Gasteiger partial charge in [0.25, 0.3) is 5.91 Å². The fourth-order valence-corrected chi connectivity index (χ4v) is 2.18. The predicted octanol–water partition coefficient (Wildman–Crippen LogP) is 2.59. The maximum absolute atomic E-state index is 12.2. The van der Waals surface area contributed by atoms with Crippen LogP contribution in [0.3, 0.4) is 0 Å². The number of hydrogen-bond acceptors (Lipinski definition) is 4. The summed E-state index contributed by atoms with van der Waals surface area (Å²) < 4.78 is 10.4. The van der Waals surface area contributed by atoms with Crippen LogP contribution in [0.25, 0.3) is 0 Å². The summed E-state index contributed by atoms with van der Waals surface area (Å²) >= 11 is 0. The van der Waals surface area contributed by atoms with Crippen LogP contribution in [0.4, 0.5) is 5.69 Å². The first kappa shape index (κ1) is 17.3. The van der Waals surface area contributed by atoms with Gasteiger partial charge in [0.15, 0.2) is 11.5 Å². The summed E-state index contributed by atoms with van der Waals surface area (Å²) in [6.45, 7) is 1.80. The third-order valence-electron chi connectivity index (χ3n) is 3.37. The van der Waals surface area contributed by atoms with Crippen LogP contribution in [0.1, 0.15) is 22.8 Å². The molecule has 0 saturated heterocycles. The van der Waals surface area contributed by atoms with Gasteiger partial charge in [0.2, 0.25) is 5.91 Å². The largest absolute Gasteiger partial charge is 0.493 e. The minimum absolute atomic E-state index is 0.152. The predicted molar refractivity (Wildman–Crippen MR) is 91.5 cm³/mol. The normalized spacial score (nSPS) is 9.96. The molecule has 6 heteroatoms. The number of rotatable bonds is 6. The number of nitrogens with one attached hydrogen (secondary N) is 2. The monoisotopic (exact) mass is 328 g/mol. The zero-order valence-electron chi connectivity index (χ0n) is 13.9. The Kier molecular flexibility index (Phi) is 5.78. The van der Waals surface area contributed by atoms with Crippen molar-refractivity contribution in [2.24, 2.45) is 0 Å². The Morgan fingerprint density at radius 1 is 0.958 bits per heavy atom. The van der Waals surface area contributed by atoms with Crippen molar-refractivity contribution in [3.8, 4) is 11.5 Å². The zero-order valence-corrected chi connectivity index (χ0v) is 13.9. The highest BCUT2D eigenvalue weighted by atomic mass is 16.5. The van der Waals surface area contributed by atoms with Crippen molar-refractivity contribution in [1.29, 1.82) is 0 Å². The average molecular weight is 328 g/mol. The minimum atomic E-state index is -0.195. The number of methoxy groups -OCH3 is 2. The van der Waals surface area contributed by atoms with E-state index in [0.717, 1.165) is 5.56 Å². The Labute approximate surface area is 140 Å². The van der Waals surface area contributed by atoms with Gasteiger partial charge in [0.1, 0.15) is 0 Å². The second-order valence-corrected chi connectivity index (χ2v) is 5.13. The van der Waals surface area contributed by atoms with Crippen molar-refractivity contribution in [2.45, 2.75) is 13.5 Å². The van der Waals surface area contributed by atoms with Gasteiger partial charge in [-0.3, -0.25) is 9.59 Å². The molecule has 126 valence electrons. The lowest BCUT2D eigenvalue weighted by molar-refractivity contribution is -0.114. The summed E-state index contributed by atoms with van der Waals surface area (Å²) in [7, 11) is 3.14. The molecule has 2 aromatic carbocycles. The smallest absolute Gasteiger partial charge is 0.251 e. The molecular weight excluding hydrogens is 308 g/mol. The van der Waals surface area contributed by atoms with Crippen LogP contribution in [0.5, 0.6) is 11.5 Å². The summed E-state index contributed by atoms with van der Waals surface area (Å²) in [5.41, 5.74) is 2.07. The number of amides is 2. The fraction of sp³-hybridized carbons (Fsp3) is 0.222. The molecular formula is C18H20N2O4. The minimum Gasteiger partial charge on any atom is -0.493 e. The van der Waals surface area contributed by atoms with E-state index in [-0.39, 0.29) is 11.8 Å². The van der Waals surface area contributed by atoms with Gasteiger partial charge in [0, 0.05) is 24.7 Å². The Bertz CT molecular complexity index is 726. The lowest BCUT2D eigenvalue weighted by atomic mass is 10.1. The van der Waals surface area contributed by atoms with Gasteiger partial charge in [-0.05, 0) is 42.0 Å². The first-order chi connectivity index (χ1) is 11.5. The Balaban J connectivity index is 1.99. The number of carbonyl (C=O) groups is 2. The van der Waals surface area contributed by atoms with Gasteiger partial charge in [0.05, 0.1) is 14.2 Å². The first-order valence-electron chi connectivity index (χ1n) is 7.40. The standard InChI is InChI=1S/C18H20N2O4/c1-12(21)20-15-7-5-14(6-8-15)18(22)19-11-13-4-9-16(23-2)17(10-13)24-3/h4-10H,11H2,1-3H3,(H,19,22)(H,20,21). The Hall–Kier alpha value is -3.02. The zero-order chi connectivity index (χ0) is 17.5. The maximum Gasteiger partial charge on any atom is 0.251 e. The fourth-order valence-electron chi connectivity index (χ4n) is 2.18. The molecule has 0 bridgehead atoms. The van der Waals surface area contributed by atoms with Crippen LogP contribution in [0.2, 0.25) is 0 Å². The molecule has 2 aromatic rings. The molecule has 0 saturated carbocycles. The molecule has 0 heterocycles. The van der Waals surface area contributed by atoms with E-state index in [0.29, 0.717) is 29.3 Å². The number of hydrogen-bond donors (Lipinski definition) is 2. The molecule has 0 radical (unpaired) electrons. The van der Waals surface area contributed by atoms with E-state index < -0.39 is 0 Å². The number of ether oxygens (including phenoxy) is 2. The van der Waals surface area contributed by atoms with Crippen molar-refractivity contribution in [2.75, 3.05) is 19.5 Å². The Morgan fingerprint density at radius 3 is 2.21 bits per heavy atom. The van der Waals surface area contributed by atoms with Crippen LogP contribution >= 0.6 is 0 Å². The molecule has 2 amide bonds. The quantitative estimate of drug-likeness (QED) is 0.854. The second-order valence-electron chi connectivity index (χ2n) is 5.13. The number of anilines is 1. The highest BCUT2D eigenvalue weighted by Gasteiger charge is 2.08. The van der Waals surface area contributed by atoms with E-state index in [1.165, 1.54) is 6.92 Å². The van der Waals surface area contributed by atoms with Crippen molar-refractivity contribution in [1.82, 2.24) is 5.32 Å². The van der Waals surface area contributed by atoms with Gasteiger partial charge in [-0.15, -0.1) is 0 Å². The summed E-state index contributed by atoms with van der Waals surface area (Å²) in [6.07, 6.45) is 0. The molecule has 0 aliphatic carbocycles. The van der Waals surface area contributed by atoms with Crippen LogP contribution in [0.15, 0.2) is 42.5 Å². The Morgan fingerprint density at radius 2 is 1.62 bits per heavy atom. The van der Waals surface area contributed by atoms with E-state index >= 15 is 0 Å². The van der Waals surface area contributed by atoms with Crippen LogP contribution in [0, 0.1) is 0 Å². The third-order valence-corrected chi connectivity index (χ3v) is 3.37. The summed E-state index contributed by atoms with van der Waals surface area (Å²) in [5, 5.41) is 5.50. The summed E-state index contributed by atoms with van der Waals surface area (Å²) in [6, 6.07) is 12.2. The van der Waals surface area contributed by atoms with Crippen molar-refractivity contribution < 1.29 is 19.1 Å². The van der Waals surface area contributed by atoms with Crippen molar-refractivity contribution in [3.05, 3.63) is 53.6 Å². The summed E-state index contributed by atoms with van der Waals surface area (Å²) in [4.78, 5) is 23.2. The molecule has 6 nitrogen and oxygen atoms in total. The molecule has 2 N–H and O–H groups in total. The van der Waals surface area contributed by atoms with Gasteiger partial charge >= 0.3 is 0 Å². The van der Waals surface area contributed by atoms with Crippen LogP contribution < -0.4 is 20.1 Å². The molecule has 0 unspecified atom stereocenters. The summed E-state index contributed by atoms with van der Waals surface area (Å²) in [5.74, 6) is 0.907. The lowest BCUT2D eigenvalue weighted by Gasteiger charge is -2.10. The van der Waals surface area contributed by atoms with Crippen molar-refractivity contribution >= 4 is 17.5 Å². The first-order valence-corrected chi connectivity index (χ1v) is 7.40. The third kappa shape index (κ3) is 4.49. The molecule has 2 rings (SSSR count). The highest BCUT2D eigenvalue weighted by Crippen LogP contribution is 2.27. The van der Waals surface area contributed by atoms with Crippen molar-refractivity contribution in [3.63, 3.8) is 0 Å². The number of benzene rings is 2. The lowest BCUT2D eigenvalue weighted by Crippen LogP contribution is -2.22. The van der Waals surface area contributed by atoms with Gasteiger partial charge < -0.3 is 20.1 Å². The van der Waals surface area contributed by atoms with E-state index in [1.54, 1.807) is 44.6 Å². The van der Waals surface area contributed by atoms with Gasteiger partial charge in [-0.25, -0.2) is 0 Å². The second kappa shape index (κ2) is 8.01. The van der Waals surface area contributed by atoms with E-state index in [4.69, 9.17) is 9.47 Å². The van der Waals surface area contributed by atoms with Crippen LogP contribution in [-0.4, -0.2) is 26.0 Å². The van der Waals surface area contributed by atoms with E-state index in [9.17, 15) is 9.59 Å². The molecule has 0 fully saturated rings. The molecule has 24 heavy (non-hydrogen) atoms. The van der Waals surface area contributed by atoms with Crippen LogP contribution in [-0.2, 0) is 11.3 Å². The molecule has 0 atom stereocenters. The average Bonchev–Trinajstić information content (AvgIpc) is 2.59. The van der Waals surface area contributed by atoms with Gasteiger partial charge in [-0.2, -0.15) is 0 Å². The van der Waals surface area contributed by atoms with E-state index in [2.05, 4.69) is 10.6 Å². The molecule has 0 aliphatic rings.